The predicted octanol–water partition coefficient (Wildman–Crippen LogP) is 1.21. The third kappa shape index (κ3) is 3.94. The lowest BCUT2D eigenvalue weighted by Crippen LogP contribution is -2.37. The van der Waals surface area contributed by atoms with Gasteiger partial charge in [-0.1, -0.05) is 18.5 Å². The summed E-state index contributed by atoms with van der Waals surface area (Å²) in [7, 11) is -0.950. The quantitative estimate of drug-likeness (QED) is 0.879. The van der Waals surface area contributed by atoms with Crippen LogP contribution < -0.4 is 5.32 Å². The van der Waals surface area contributed by atoms with Crippen LogP contribution in [0.1, 0.15) is 12.5 Å². The molecule has 1 aromatic rings. The fraction of sp³-hybridized carbons (Fsp3) is 0.385. The van der Waals surface area contributed by atoms with Crippen LogP contribution >= 0.6 is 11.6 Å². The Kier molecular flexibility index (Phi) is 5.72. The Balaban J connectivity index is 3.06. The van der Waals surface area contributed by atoms with E-state index >= 15 is 0 Å². The standard InChI is InChI=1S/C13H16ClN3O3S/c1-9(13(18)16-2)8-17(3)21(19,20)12-5-4-10(7-15)6-11(12)14/h4-6,9H,8H2,1-3H3,(H,16,18). The number of sulfonamides is 1. The first-order chi connectivity index (χ1) is 9.73. The van der Waals surface area contributed by atoms with Crippen LogP contribution in [-0.4, -0.2) is 39.3 Å². The van der Waals surface area contributed by atoms with E-state index in [9.17, 15) is 13.2 Å². The third-order valence-electron chi connectivity index (χ3n) is 2.97. The highest BCUT2D eigenvalue weighted by Gasteiger charge is 2.26. The van der Waals surface area contributed by atoms with Crippen LogP contribution in [0.5, 0.6) is 0 Å². The maximum absolute atomic E-state index is 12.4. The van der Waals surface area contributed by atoms with Gasteiger partial charge in [-0.2, -0.15) is 5.26 Å². The number of nitrogens with one attached hydrogen (secondary N) is 1. The lowest BCUT2D eigenvalue weighted by Gasteiger charge is -2.21. The van der Waals surface area contributed by atoms with Crippen molar-refractivity contribution in [1.82, 2.24) is 9.62 Å². The van der Waals surface area contributed by atoms with E-state index in [0.29, 0.717) is 0 Å². The number of hydrogen-bond donors (Lipinski definition) is 1. The predicted molar refractivity (Wildman–Crippen MR) is 79.2 cm³/mol. The lowest BCUT2D eigenvalue weighted by atomic mass is 10.2. The van der Waals surface area contributed by atoms with E-state index in [2.05, 4.69) is 5.32 Å². The number of benzene rings is 1. The molecule has 0 aliphatic carbocycles. The minimum atomic E-state index is -3.82. The number of nitriles is 1. The highest BCUT2D eigenvalue weighted by Crippen LogP contribution is 2.25. The van der Waals surface area contributed by atoms with Crippen molar-refractivity contribution in [2.75, 3.05) is 20.6 Å². The molecule has 8 heteroatoms. The molecule has 0 radical (unpaired) electrons. The van der Waals surface area contributed by atoms with E-state index in [1.807, 2.05) is 6.07 Å². The third-order valence-corrected chi connectivity index (χ3v) is 5.28. The number of carbonyl (C=O) groups excluding carboxylic acids is 1. The summed E-state index contributed by atoms with van der Waals surface area (Å²) in [5.74, 6) is -0.741. The maximum Gasteiger partial charge on any atom is 0.244 e. The smallest absolute Gasteiger partial charge is 0.244 e. The van der Waals surface area contributed by atoms with Crippen LogP contribution in [0.2, 0.25) is 5.02 Å². The number of nitrogens with zero attached hydrogens (tertiary/aromatic N) is 2. The summed E-state index contributed by atoms with van der Waals surface area (Å²) in [6.07, 6.45) is 0. The fourth-order valence-corrected chi connectivity index (χ4v) is 3.53. The van der Waals surface area contributed by atoms with Crippen molar-refractivity contribution in [3.8, 4) is 6.07 Å². The molecule has 1 amide bonds. The van der Waals surface area contributed by atoms with Crippen LogP contribution in [0.25, 0.3) is 0 Å². The second-order valence-electron chi connectivity index (χ2n) is 4.56. The first-order valence-corrected chi connectivity index (χ1v) is 7.93. The Morgan fingerprint density at radius 2 is 2.14 bits per heavy atom. The molecule has 0 spiro atoms. The fourth-order valence-electron chi connectivity index (χ4n) is 1.76. The van der Waals surface area contributed by atoms with Gasteiger partial charge in [-0.3, -0.25) is 4.79 Å². The van der Waals surface area contributed by atoms with Crippen molar-refractivity contribution in [1.29, 1.82) is 5.26 Å². The molecular formula is C13H16ClN3O3S. The number of carbonyl (C=O) groups is 1. The van der Waals surface area contributed by atoms with Crippen molar-refractivity contribution in [2.24, 2.45) is 5.92 Å². The van der Waals surface area contributed by atoms with E-state index in [1.54, 1.807) is 6.92 Å². The molecule has 1 aromatic carbocycles. The van der Waals surface area contributed by atoms with Gasteiger partial charge in [-0.15, -0.1) is 0 Å². The molecule has 1 rings (SSSR count). The van der Waals surface area contributed by atoms with Crippen molar-refractivity contribution in [3.63, 3.8) is 0 Å². The Bertz CT molecular complexity index is 682. The summed E-state index contributed by atoms with van der Waals surface area (Å²) in [5.41, 5.74) is 0.278. The first-order valence-electron chi connectivity index (χ1n) is 6.11. The van der Waals surface area contributed by atoms with Gasteiger partial charge in [-0.25, -0.2) is 12.7 Å². The van der Waals surface area contributed by atoms with Gasteiger partial charge < -0.3 is 5.32 Å². The van der Waals surface area contributed by atoms with Gasteiger partial charge >= 0.3 is 0 Å². The molecule has 0 heterocycles. The van der Waals surface area contributed by atoms with Gasteiger partial charge in [0, 0.05) is 26.6 Å². The van der Waals surface area contributed by atoms with Gasteiger partial charge in [0.25, 0.3) is 0 Å². The van der Waals surface area contributed by atoms with E-state index in [0.717, 1.165) is 4.31 Å². The average Bonchev–Trinajstić information content (AvgIpc) is 2.45. The molecule has 21 heavy (non-hydrogen) atoms. The van der Waals surface area contributed by atoms with Crippen LogP contribution in [0, 0.1) is 17.2 Å². The second-order valence-corrected chi connectivity index (χ2v) is 6.98. The van der Waals surface area contributed by atoms with Crippen LogP contribution in [-0.2, 0) is 14.8 Å². The Morgan fingerprint density at radius 3 is 2.62 bits per heavy atom. The van der Waals surface area contributed by atoms with Gasteiger partial charge in [0.15, 0.2) is 0 Å². The minimum absolute atomic E-state index is 0.0199. The first kappa shape index (κ1) is 17.4. The van der Waals surface area contributed by atoms with Gasteiger partial charge in [0.1, 0.15) is 4.90 Å². The van der Waals surface area contributed by atoms with Gasteiger partial charge in [0.2, 0.25) is 15.9 Å². The zero-order valence-electron chi connectivity index (χ0n) is 11.9. The van der Waals surface area contributed by atoms with Gasteiger partial charge in [0.05, 0.1) is 16.7 Å². The molecule has 0 aliphatic rings. The molecule has 0 saturated heterocycles. The summed E-state index contributed by atoms with van der Waals surface area (Å²) in [4.78, 5) is 11.4. The number of rotatable bonds is 5. The number of hydrogen-bond acceptors (Lipinski definition) is 4. The highest BCUT2D eigenvalue weighted by molar-refractivity contribution is 7.89. The molecule has 6 nitrogen and oxygen atoms in total. The van der Waals surface area contributed by atoms with E-state index in [1.165, 1.54) is 32.3 Å². The monoisotopic (exact) mass is 329 g/mol. The van der Waals surface area contributed by atoms with Gasteiger partial charge in [-0.05, 0) is 18.2 Å². The largest absolute Gasteiger partial charge is 0.359 e. The number of amides is 1. The summed E-state index contributed by atoms with van der Waals surface area (Å²) in [6, 6.07) is 5.85. The maximum atomic E-state index is 12.4. The Labute approximate surface area is 129 Å². The minimum Gasteiger partial charge on any atom is -0.359 e. The zero-order valence-corrected chi connectivity index (χ0v) is 13.5. The summed E-state index contributed by atoms with van der Waals surface area (Å²) >= 11 is 5.93. The molecule has 114 valence electrons. The molecule has 0 aromatic heterocycles. The van der Waals surface area contributed by atoms with Crippen molar-refractivity contribution < 1.29 is 13.2 Å². The van der Waals surface area contributed by atoms with Crippen LogP contribution in [0.15, 0.2) is 23.1 Å². The molecule has 0 aliphatic heterocycles. The lowest BCUT2D eigenvalue weighted by molar-refractivity contribution is -0.124. The van der Waals surface area contributed by atoms with Crippen molar-refractivity contribution in [2.45, 2.75) is 11.8 Å². The van der Waals surface area contributed by atoms with Crippen molar-refractivity contribution >= 4 is 27.5 Å². The molecule has 0 bridgehead atoms. The SMILES string of the molecule is CNC(=O)C(C)CN(C)S(=O)(=O)c1ccc(C#N)cc1Cl. The summed E-state index contributed by atoms with van der Waals surface area (Å²) in [5, 5.41) is 11.2. The molecule has 1 N–H and O–H groups in total. The van der Waals surface area contributed by atoms with Crippen LogP contribution in [0.3, 0.4) is 0 Å². The topological polar surface area (TPSA) is 90.3 Å². The molecule has 0 fully saturated rings. The second kappa shape index (κ2) is 6.89. The normalized spacial score (nSPS) is 12.8. The molecule has 1 unspecified atom stereocenters. The highest BCUT2D eigenvalue weighted by atomic mass is 35.5. The average molecular weight is 330 g/mol. The number of halogens is 1. The molecule has 1 atom stereocenters. The summed E-state index contributed by atoms with van der Waals surface area (Å²) in [6.45, 7) is 1.66. The summed E-state index contributed by atoms with van der Waals surface area (Å²) < 4.78 is 25.9. The Hall–Kier alpha value is -1.62. The zero-order chi connectivity index (χ0) is 16.2. The van der Waals surface area contributed by atoms with E-state index in [4.69, 9.17) is 16.9 Å². The molecule has 0 saturated carbocycles. The molecular weight excluding hydrogens is 314 g/mol. The van der Waals surface area contributed by atoms with E-state index < -0.39 is 15.9 Å². The Morgan fingerprint density at radius 1 is 1.52 bits per heavy atom. The van der Waals surface area contributed by atoms with Crippen molar-refractivity contribution in [3.05, 3.63) is 28.8 Å². The van der Waals surface area contributed by atoms with Crippen LogP contribution in [0.4, 0.5) is 0 Å². The van der Waals surface area contributed by atoms with E-state index in [-0.39, 0.29) is 27.9 Å².